The molecule has 0 aliphatic rings. The van der Waals surface area contributed by atoms with E-state index in [0.717, 1.165) is 5.69 Å². The minimum absolute atomic E-state index is 0.0974. The lowest BCUT2D eigenvalue weighted by Gasteiger charge is -2.05. The van der Waals surface area contributed by atoms with E-state index >= 15 is 0 Å². The lowest BCUT2D eigenvalue weighted by molar-refractivity contribution is 1.04. The van der Waals surface area contributed by atoms with Crippen molar-refractivity contribution in [3.63, 3.8) is 0 Å². The van der Waals surface area contributed by atoms with Gasteiger partial charge in [0.05, 0.1) is 3.57 Å². The fourth-order valence-corrected chi connectivity index (χ4v) is 1.84. The Labute approximate surface area is 115 Å². The van der Waals surface area contributed by atoms with Crippen LogP contribution in [-0.4, -0.2) is 20.2 Å². The molecule has 0 amide bonds. The van der Waals surface area contributed by atoms with Crippen LogP contribution >= 0.6 is 45.8 Å². The maximum absolute atomic E-state index is 5.88. The van der Waals surface area contributed by atoms with Gasteiger partial charge in [0.2, 0.25) is 5.28 Å². The highest BCUT2D eigenvalue weighted by Gasteiger charge is 2.10. The number of aryl methyl sites for hydroxylation is 1. The standard InChI is InChI=1S/C8H6Cl2IN5/c1-3-2-4(16-15-3)12-7-5(11)6(9)13-8(10)14-7/h2H,1H3,(H2,12,13,14,15,16). The van der Waals surface area contributed by atoms with Crippen molar-refractivity contribution in [1.82, 2.24) is 20.2 Å². The largest absolute Gasteiger partial charge is 0.322 e. The van der Waals surface area contributed by atoms with Crippen LogP contribution in [0.4, 0.5) is 11.6 Å². The monoisotopic (exact) mass is 369 g/mol. The summed E-state index contributed by atoms with van der Waals surface area (Å²) in [6, 6.07) is 1.85. The van der Waals surface area contributed by atoms with Gasteiger partial charge >= 0.3 is 0 Å². The maximum atomic E-state index is 5.88. The highest BCUT2D eigenvalue weighted by molar-refractivity contribution is 14.1. The Hall–Kier alpha value is -0.600. The van der Waals surface area contributed by atoms with E-state index in [0.29, 0.717) is 20.4 Å². The van der Waals surface area contributed by atoms with Crippen molar-refractivity contribution in [1.29, 1.82) is 0 Å². The lowest BCUT2D eigenvalue weighted by atomic mass is 10.4. The molecule has 0 aromatic carbocycles. The molecule has 2 aromatic rings. The topological polar surface area (TPSA) is 66.5 Å². The lowest BCUT2D eigenvalue weighted by Crippen LogP contribution is -1.99. The Morgan fingerprint density at radius 2 is 2.12 bits per heavy atom. The molecule has 0 aliphatic carbocycles. The Balaban J connectivity index is 2.34. The molecule has 0 atom stereocenters. The van der Waals surface area contributed by atoms with Gasteiger partial charge in [-0.2, -0.15) is 10.1 Å². The number of nitrogens with zero attached hydrogens (tertiary/aromatic N) is 3. The number of anilines is 2. The molecule has 0 bridgehead atoms. The highest BCUT2D eigenvalue weighted by Crippen LogP contribution is 2.26. The normalized spacial score (nSPS) is 10.5. The van der Waals surface area contributed by atoms with Crippen LogP contribution in [0.3, 0.4) is 0 Å². The Morgan fingerprint density at radius 3 is 2.75 bits per heavy atom. The van der Waals surface area contributed by atoms with Crippen LogP contribution in [0.15, 0.2) is 6.07 Å². The quantitative estimate of drug-likeness (QED) is 0.484. The first-order valence-corrected chi connectivity index (χ1v) is 6.07. The van der Waals surface area contributed by atoms with Gasteiger partial charge in [-0.3, -0.25) is 5.10 Å². The summed E-state index contributed by atoms with van der Waals surface area (Å²) >= 11 is 13.6. The van der Waals surface area contributed by atoms with Crippen molar-refractivity contribution in [2.75, 3.05) is 5.32 Å². The third kappa shape index (κ3) is 2.55. The van der Waals surface area contributed by atoms with Crippen LogP contribution in [0, 0.1) is 10.5 Å². The molecule has 0 unspecified atom stereocenters. The number of rotatable bonds is 2. The van der Waals surface area contributed by atoms with Gasteiger partial charge in [-0.05, 0) is 41.1 Å². The minimum Gasteiger partial charge on any atom is -0.322 e. The van der Waals surface area contributed by atoms with E-state index in [4.69, 9.17) is 23.2 Å². The summed E-state index contributed by atoms with van der Waals surface area (Å²) in [6.07, 6.45) is 0. The summed E-state index contributed by atoms with van der Waals surface area (Å²) in [5, 5.41) is 10.3. The number of aromatic amines is 1. The van der Waals surface area contributed by atoms with Crippen molar-refractivity contribution in [2.24, 2.45) is 0 Å². The molecule has 0 saturated carbocycles. The van der Waals surface area contributed by atoms with Crippen LogP contribution < -0.4 is 5.32 Å². The smallest absolute Gasteiger partial charge is 0.225 e. The van der Waals surface area contributed by atoms with Crippen molar-refractivity contribution in [3.05, 3.63) is 25.8 Å². The number of hydrogen-bond donors (Lipinski definition) is 2. The first-order valence-electron chi connectivity index (χ1n) is 4.24. The second kappa shape index (κ2) is 4.72. The fraction of sp³-hybridized carbons (Fsp3) is 0.125. The van der Waals surface area contributed by atoms with E-state index in [9.17, 15) is 0 Å². The number of H-pyrrole nitrogens is 1. The summed E-state index contributed by atoms with van der Waals surface area (Å²) in [5.41, 5.74) is 0.948. The van der Waals surface area contributed by atoms with Crippen LogP contribution in [0.5, 0.6) is 0 Å². The Kier molecular flexibility index (Phi) is 3.50. The second-order valence-electron chi connectivity index (χ2n) is 3.01. The molecule has 2 rings (SSSR count). The van der Waals surface area contributed by atoms with Crippen LogP contribution in [0.2, 0.25) is 10.4 Å². The molecular formula is C8H6Cl2IN5. The predicted octanol–water partition coefficient (Wildman–Crippen LogP) is 3.16. The molecule has 0 radical (unpaired) electrons. The van der Waals surface area contributed by atoms with Gasteiger partial charge in [0.15, 0.2) is 11.6 Å². The first-order chi connectivity index (χ1) is 7.56. The van der Waals surface area contributed by atoms with Gasteiger partial charge in [-0.1, -0.05) is 11.6 Å². The predicted molar refractivity (Wildman–Crippen MR) is 71.4 cm³/mol. The second-order valence-corrected chi connectivity index (χ2v) is 4.78. The van der Waals surface area contributed by atoms with Crippen molar-refractivity contribution >= 4 is 57.4 Å². The molecular weight excluding hydrogens is 364 g/mol. The summed E-state index contributed by atoms with van der Waals surface area (Å²) in [7, 11) is 0. The van der Waals surface area contributed by atoms with Gasteiger partial charge in [0.25, 0.3) is 0 Å². The number of aromatic nitrogens is 4. The summed E-state index contributed by atoms with van der Waals surface area (Å²) in [4.78, 5) is 7.86. The van der Waals surface area contributed by atoms with E-state index in [-0.39, 0.29) is 5.28 Å². The average molecular weight is 370 g/mol. The third-order valence-electron chi connectivity index (χ3n) is 1.74. The molecule has 0 aliphatic heterocycles. The Morgan fingerprint density at radius 1 is 1.38 bits per heavy atom. The third-order valence-corrected chi connectivity index (χ3v) is 3.52. The Bertz CT molecular complexity index is 527. The van der Waals surface area contributed by atoms with Crippen molar-refractivity contribution in [2.45, 2.75) is 6.92 Å². The van der Waals surface area contributed by atoms with E-state index in [1.807, 2.05) is 35.6 Å². The van der Waals surface area contributed by atoms with E-state index in [1.165, 1.54) is 0 Å². The molecule has 0 fully saturated rings. The molecule has 16 heavy (non-hydrogen) atoms. The number of nitrogens with one attached hydrogen (secondary N) is 2. The van der Waals surface area contributed by atoms with E-state index < -0.39 is 0 Å². The van der Waals surface area contributed by atoms with Gasteiger partial charge in [0.1, 0.15) is 5.15 Å². The zero-order valence-corrected chi connectivity index (χ0v) is 11.7. The molecule has 84 valence electrons. The SMILES string of the molecule is Cc1cc(Nc2nc(Cl)nc(Cl)c2I)n[nH]1. The molecule has 2 heterocycles. The molecule has 2 N–H and O–H groups in total. The summed E-state index contributed by atoms with van der Waals surface area (Å²) in [6.45, 7) is 1.91. The maximum Gasteiger partial charge on any atom is 0.225 e. The number of hydrogen-bond acceptors (Lipinski definition) is 4. The molecule has 0 spiro atoms. The fourth-order valence-electron chi connectivity index (χ4n) is 1.08. The molecule has 8 heteroatoms. The molecule has 2 aromatic heterocycles. The molecule has 5 nitrogen and oxygen atoms in total. The van der Waals surface area contributed by atoms with Crippen LogP contribution in [-0.2, 0) is 0 Å². The minimum atomic E-state index is 0.0974. The highest BCUT2D eigenvalue weighted by atomic mass is 127. The van der Waals surface area contributed by atoms with Gasteiger partial charge in [0, 0.05) is 11.8 Å². The van der Waals surface area contributed by atoms with E-state index in [2.05, 4.69) is 25.5 Å². The summed E-state index contributed by atoms with van der Waals surface area (Å²) < 4.78 is 0.698. The van der Waals surface area contributed by atoms with Gasteiger partial charge < -0.3 is 5.32 Å². The van der Waals surface area contributed by atoms with Crippen LogP contribution in [0.25, 0.3) is 0 Å². The molecule has 0 saturated heterocycles. The van der Waals surface area contributed by atoms with Gasteiger partial charge in [-0.15, -0.1) is 0 Å². The van der Waals surface area contributed by atoms with Crippen LogP contribution in [0.1, 0.15) is 5.69 Å². The van der Waals surface area contributed by atoms with E-state index in [1.54, 1.807) is 0 Å². The zero-order chi connectivity index (χ0) is 11.7. The number of halogens is 3. The van der Waals surface area contributed by atoms with Crippen molar-refractivity contribution < 1.29 is 0 Å². The first kappa shape index (κ1) is 11.9. The summed E-state index contributed by atoms with van der Waals surface area (Å²) in [5.74, 6) is 1.19. The van der Waals surface area contributed by atoms with Gasteiger partial charge in [-0.25, -0.2) is 4.98 Å². The average Bonchev–Trinajstić information content (AvgIpc) is 2.60. The van der Waals surface area contributed by atoms with Crippen molar-refractivity contribution in [3.8, 4) is 0 Å². The zero-order valence-electron chi connectivity index (χ0n) is 8.05.